The van der Waals surface area contributed by atoms with Crippen LogP contribution in [0.25, 0.3) is 0 Å². The van der Waals surface area contributed by atoms with Gasteiger partial charge in [-0.05, 0) is 59.7 Å². The Bertz CT molecular complexity index is 1550. The molecule has 0 saturated carbocycles. The van der Waals surface area contributed by atoms with Gasteiger partial charge in [0.2, 0.25) is 5.91 Å². The van der Waals surface area contributed by atoms with E-state index in [4.69, 9.17) is 25.9 Å². The Balaban J connectivity index is 1.40. The minimum absolute atomic E-state index is 0.351. The monoisotopic (exact) mass is 618 g/mol. The van der Waals surface area contributed by atoms with E-state index in [1.165, 1.54) is 4.90 Å². The molecule has 4 aromatic rings. The van der Waals surface area contributed by atoms with Gasteiger partial charge in [-0.2, -0.15) is 0 Å². The average Bonchev–Trinajstić information content (AvgIpc) is 3.49. The van der Waals surface area contributed by atoms with Crippen LogP contribution in [0.3, 0.4) is 0 Å². The lowest BCUT2D eigenvalue weighted by Gasteiger charge is -2.29. The number of carbonyl (C=O) groups is 2. The van der Waals surface area contributed by atoms with Crippen molar-refractivity contribution in [1.82, 2.24) is 0 Å². The van der Waals surface area contributed by atoms with Crippen LogP contribution in [0.2, 0.25) is 5.02 Å². The number of halogens is 2. The molecule has 2 aliphatic heterocycles. The maximum Gasteiger partial charge on any atom is 0.266 e. The smallest absolute Gasteiger partial charge is 0.266 e. The van der Waals surface area contributed by atoms with Gasteiger partial charge in [0.25, 0.3) is 5.91 Å². The molecule has 2 heterocycles. The zero-order valence-electron chi connectivity index (χ0n) is 21.4. The summed E-state index contributed by atoms with van der Waals surface area (Å²) in [6, 6.07) is 28.9. The van der Waals surface area contributed by atoms with Crippen LogP contribution in [0.1, 0.15) is 17.2 Å². The second-order valence-electron chi connectivity index (χ2n) is 9.45. The van der Waals surface area contributed by atoms with Crippen molar-refractivity contribution in [1.29, 1.82) is 0 Å². The van der Waals surface area contributed by atoms with Crippen molar-refractivity contribution in [2.45, 2.75) is 18.8 Å². The number of para-hydroxylation sites is 1. The van der Waals surface area contributed by atoms with Crippen molar-refractivity contribution in [3.05, 3.63) is 118 Å². The van der Waals surface area contributed by atoms with E-state index in [-0.39, 0.29) is 5.91 Å². The number of rotatable bonds is 7. The number of benzene rings is 4. The molecule has 0 unspecified atom stereocenters. The summed E-state index contributed by atoms with van der Waals surface area (Å²) in [5.41, 5.74) is 2.91. The highest BCUT2D eigenvalue weighted by Gasteiger charge is 2.60. The largest absolute Gasteiger partial charge is 0.493 e. The molecular weight excluding hydrogens is 596 g/mol. The molecular formula is C31H24BrClN2O5. The molecule has 0 aromatic heterocycles. The SMILES string of the molecule is COc1cc([C@@H]2[C@H]3C(=O)N(c4ccc(Cl)cc4)C(=O)[C@@H]3ON2c2ccccc2)c(Br)cc1OCc1ccccc1. The molecule has 7 nitrogen and oxygen atoms in total. The Morgan fingerprint density at radius 3 is 2.20 bits per heavy atom. The number of hydrogen-bond acceptors (Lipinski definition) is 6. The zero-order chi connectivity index (χ0) is 27.8. The lowest BCUT2D eigenvalue weighted by molar-refractivity contribution is -0.126. The Kier molecular flexibility index (Phi) is 7.23. The standard InChI is InChI=1S/C31H24BrClN2O5/c1-38-25-16-23(24(32)17-26(25)39-18-19-8-4-2-5-9-19)28-27-29(40-35(28)22-10-6-3-7-11-22)31(37)34(30(27)36)21-14-12-20(33)13-15-21/h2-17,27-29H,18H2,1H3/t27-,28-,29-/m1/s1. The number of fused-ring (bicyclic) bond motifs is 1. The molecule has 0 bridgehead atoms. The number of anilines is 2. The topological polar surface area (TPSA) is 68.3 Å². The molecule has 202 valence electrons. The van der Waals surface area contributed by atoms with Crippen molar-refractivity contribution in [3.8, 4) is 11.5 Å². The summed E-state index contributed by atoms with van der Waals surface area (Å²) in [5.74, 6) is -0.541. The van der Waals surface area contributed by atoms with E-state index < -0.39 is 24.0 Å². The molecule has 9 heteroatoms. The van der Waals surface area contributed by atoms with Crippen LogP contribution >= 0.6 is 27.5 Å². The Morgan fingerprint density at radius 2 is 1.52 bits per heavy atom. The molecule has 3 atom stereocenters. The van der Waals surface area contributed by atoms with Crippen molar-refractivity contribution < 1.29 is 23.9 Å². The maximum absolute atomic E-state index is 13.9. The number of nitrogens with zero attached hydrogens (tertiary/aromatic N) is 2. The minimum atomic E-state index is -1.000. The van der Waals surface area contributed by atoms with E-state index in [0.717, 1.165) is 16.8 Å². The Labute approximate surface area is 244 Å². The predicted octanol–water partition coefficient (Wildman–Crippen LogP) is 6.74. The third-order valence-electron chi connectivity index (χ3n) is 7.05. The first-order valence-corrected chi connectivity index (χ1v) is 13.8. The molecule has 2 aliphatic rings. The minimum Gasteiger partial charge on any atom is -0.493 e. The van der Waals surface area contributed by atoms with Gasteiger partial charge in [0, 0.05) is 9.50 Å². The van der Waals surface area contributed by atoms with E-state index in [2.05, 4.69) is 15.9 Å². The van der Waals surface area contributed by atoms with Crippen LogP contribution in [0, 0.1) is 5.92 Å². The van der Waals surface area contributed by atoms with Gasteiger partial charge in [-0.3, -0.25) is 14.4 Å². The summed E-state index contributed by atoms with van der Waals surface area (Å²) >= 11 is 9.75. The Hall–Kier alpha value is -3.85. The fourth-order valence-corrected chi connectivity index (χ4v) is 5.84. The summed E-state index contributed by atoms with van der Waals surface area (Å²) in [7, 11) is 1.57. The van der Waals surface area contributed by atoms with E-state index in [1.807, 2.05) is 72.8 Å². The highest BCUT2D eigenvalue weighted by Crippen LogP contribution is 2.50. The highest BCUT2D eigenvalue weighted by atomic mass is 79.9. The third-order valence-corrected chi connectivity index (χ3v) is 7.99. The molecule has 0 spiro atoms. The number of amides is 2. The normalized spacial score (nSPS) is 20.1. The van der Waals surface area contributed by atoms with Gasteiger partial charge in [-0.25, -0.2) is 9.96 Å². The average molecular weight is 620 g/mol. The fraction of sp³-hybridized carbons (Fsp3) is 0.161. The van der Waals surface area contributed by atoms with E-state index >= 15 is 0 Å². The quantitative estimate of drug-likeness (QED) is 0.214. The highest BCUT2D eigenvalue weighted by molar-refractivity contribution is 9.10. The van der Waals surface area contributed by atoms with Crippen molar-refractivity contribution in [2.24, 2.45) is 5.92 Å². The van der Waals surface area contributed by atoms with Gasteiger partial charge in [0.15, 0.2) is 17.6 Å². The summed E-state index contributed by atoms with van der Waals surface area (Å²) in [5, 5.41) is 2.16. The molecule has 2 fully saturated rings. The van der Waals surface area contributed by atoms with Gasteiger partial charge in [0.1, 0.15) is 12.5 Å². The van der Waals surface area contributed by atoms with Gasteiger partial charge < -0.3 is 9.47 Å². The fourth-order valence-electron chi connectivity index (χ4n) is 5.16. The summed E-state index contributed by atoms with van der Waals surface area (Å²) in [6.07, 6.45) is -1.000. The van der Waals surface area contributed by atoms with Crippen molar-refractivity contribution >= 4 is 50.7 Å². The van der Waals surface area contributed by atoms with Crippen LogP contribution in [0.5, 0.6) is 11.5 Å². The van der Waals surface area contributed by atoms with Gasteiger partial charge >= 0.3 is 0 Å². The molecule has 6 rings (SSSR count). The lowest BCUT2D eigenvalue weighted by atomic mass is 9.90. The number of hydroxylamine groups is 1. The molecule has 0 radical (unpaired) electrons. The second-order valence-corrected chi connectivity index (χ2v) is 10.7. The number of methoxy groups -OCH3 is 1. The number of imide groups is 1. The number of hydrogen-bond donors (Lipinski definition) is 0. The molecule has 2 amide bonds. The van der Waals surface area contributed by atoms with Gasteiger partial charge in [0.05, 0.1) is 24.5 Å². The van der Waals surface area contributed by atoms with Crippen molar-refractivity contribution in [2.75, 3.05) is 17.1 Å². The van der Waals surface area contributed by atoms with E-state index in [0.29, 0.717) is 33.3 Å². The van der Waals surface area contributed by atoms with Crippen LogP contribution in [-0.4, -0.2) is 25.0 Å². The molecule has 0 aliphatic carbocycles. The van der Waals surface area contributed by atoms with E-state index in [1.54, 1.807) is 36.4 Å². The van der Waals surface area contributed by atoms with Crippen LogP contribution in [0.4, 0.5) is 11.4 Å². The number of ether oxygens (including phenoxy) is 2. The molecule has 0 N–H and O–H groups in total. The Morgan fingerprint density at radius 1 is 0.850 bits per heavy atom. The summed E-state index contributed by atoms with van der Waals surface area (Å²) in [4.78, 5) is 35.0. The summed E-state index contributed by atoms with van der Waals surface area (Å²) in [6.45, 7) is 0.361. The first-order chi connectivity index (χ1) is 19.5. The van der Waals surface area contributed by atoms with Gasteiger partial charge in [-0.1, -0.05) is 76.1 Å². The molecule has 2 saturated heterocycles. The summed E-state index contributed by atoms with van der Waals surface area (Å²) < 4.78 is 12.5. The van der Waals surface area contributed by atoms with Crippen LogP contribution in [-0.2, 0) is 21.0 Å². The zero-order valence-corrected chi connectivity index (χ0v) is 23.7. The maximum atomic E-state index is 13.9. The second kappa shape index (κ2) is 11.0. The van der Waals surface area contributed by atoms with Crippen LogP contribution < -0.4 is 19.4 Å². The predicted molar refractivity (Wildman–Crippen MR) is 155 cm³/mol. The first-order valence-electron chi connectivity index (χ1n) is 12.6. The lowest BCUT2D eigenvalue weighted by Crippen LogP contribution is -2.37. The van der Waals surface area contributed by atoms with E-state index in [9.17, 15) is 9.59 Å². The van der Waals surface area contributed by atoms with Crippen molar-refractivity contribution in [3.63, 3.8) is 0 Å². The van der Waals surface area contributed by atoms with Crippen LogP contribution in [0.15, 0.2) is 102 Å². The third kappa shape index (κ3) is 4.72. The molecule has 40 heavy (non-hydrogen) atoms. The first kappa shape index (κ1) is 26.4. The molecule has 4 aromatic carbocycles. The van der Waals surface area contributed by atoms with Gasteiger partial charge in [-0.15, -0.1) is 0 Å². The number of carbonyl (C=O) groups excluding carboxylic acids is 2.